The van der Waals surface area contributed by atoms with Crippen LogP contribution >= 0.6 is 0 Å². The van der Waals surface area contributed by atoms with Gasteiger partial charge in [0.2, 0.25) is 5.91 Å². The van der Waals surface area contributed by atoms with Gasteiger partial charge < -0.3 is 15.3 Å². The lowest BCUT2D eigenvalue weighted by Gasteiger charge is -2.16. The van der Waals surface area contributed by atoms with Crippen LogP contribution < -0.4 is 5.32 Å². The van der Waals surface area contributed by atoms with Crippen LogP contribution in [0.3, 0.4) is 0 Å². The van der Waals surface area contributed by atoms with Crippen LogP contribution in [-0.2, 0) is 4.79 Å². The molecule has 0 heterocycles. The summed E-state index contributed by atoms with van der Waals surface area (Å²) in [6.45, 7) is 6.54. The molecule has 0 aliphatic heterocycles. The fraction of sp³-hybridized carbons (Fsp3) is 0.875. The number of nitrogens with one attached hydrogen (secondary N) is 1. The lowest BCUT2D eigenvalue weighted by molar-refractivity contribution is -0.122. The first-order valence-corrected chi connectivity index (χ1v) is 4.34. The predicted octanol–water partition coefficient (Wildman–Crippen LogP) is -0.216. The van der Waals surface area contributed by atoms with Crippen molar-refractivity contribution in [2.75, 3.05) is 26.4 Å². The molecular formula is C8H18N2O2. The van der Waals surface area contributed by atoms with Crippen LogP contribution in [0.1, 0.15) is 20.3 Å². The molecule has 0 atom stereocenters. The van der Waals surface area contributed by atoms with Gasteiger partial charge in [0.25, 0.3) is 0 Å². The number of hydrogen-bond donors (Lipinski definition) is 2. The summed E-state index contributed by atoms with van der Waals surface area (Å²) in [5.41, 5.74) is 0. The number of hydrogen-bond acceptors (Lipinski definition) is 3. The van der Waals surface area contributed by atoms with Gasteiger partial charge in [-0.3, -0.25) is 4.79 Å². The van der Waals surface area contributed by atoms with Gasteiger partial charge in [0, 0.05) is 13.0 Å². The zero-order valence-electron chi connectivity index (χ0n) is 7.84. The molecule has 0 aromatic heterocycles. The first-order chi connectivity index (χ1) is 5.74. The van der Waals surface area contributed by atoms with Crippen molar-refractivity contribution < 1.29 is 9.90 Å². The molecule has 0 rings (SSSR count). The van der Waals surface area contributed by atoms with Crippen molar-refractivity contribution in [1.82, 2.24) is 10.2 Å². The molecule has 1 amide bonds. The van der Waals surface area contributed by atoms with Gasteiger partial charge >= 0.3 is 0 Å². The maximum Gasteiger partial charge on any atom is 0.223 e. The Bertz CT molecular complexity index is 124. The van der Waals surface area contributed by atoms with Gasteiger partial charge in [-0.2, -0.15) is 0 Å². The summed E-state index contributed by atoms with van der Waals surface area (Å²) in [6, 6.07) is 0. The highest BCUT2D eigenvalue weighted by atomic mass is 16.3. The highest BCUT2D eigenvalue weighted by Gasteiger charge is 2.03. The van der Waals surface area contributed by atoms with Crippen molar-refractivity contribution in [2.24, 2.45) is 0 Å². The van der Waals surface area contributed by atoms with E-state index in [1.807, 2.05) is 0 Å². The third kappa shape index (κ3) is 5.09. The Morgan fingerprint density at radius 1 is 1.42 bits per heavy atom. The van der Waals surface area contributed by atoms with Crippen molar-refractivity contribution in [3.63, 3.8) is 0 Å². The van der Waals surface area contributed by atoms with Crippen LogP contribution in [0, 0.1) is 0 Å². The third-order valence-corrected chi connectivity index (χ3v) is 1.83. The van der Waals surface area contributed by atoms with Gasteiger partial charge in [-0.1, -0.05) is 13.8 Å². The first-order valence-electron chi connectivity index (χ1n) is 4.34. The zero-order chi connectivity index (χ0) is 9.40. The molecule has 4 nitrogen and oxygen atoms in total. The average Bonchev–Trinajstić information content (AvgIpc) is 2.07. The van der Waals surface area contributed by atoms with Crippen molar-refractivity contribution in [3.05, 3.63) is 0 Å². The molecule has 2 N–H and O–H groups in total. The fourth-order valence-corrected chi connectivity index (χ4v) is 0.976. The van der Waals surface area contributed by atoms with Gasteiger partial charge in [-0.05, 0) is 13.1 Å². The third-order valence-electron chi connectivity index (χ3n) is 1.83. The molecule has 0 aromatic carbocycles. The van der Waals surface area contributed by atoms with Crippen molar-refractivity contribution >= 4 is 5.91 Å². The Balaban J connectivity index is 3.44. The number of carbonyl (C=O) groups is 1. The standard InChI is InChI=1S/C8H18N2O2/c1-3-10(4-2)6-5-8(12)9-7-11/h11H,3-7H2,1-2H3,(H,9,12). The van der Waals surface area contributed by atoms with E-state index in [-0.39, 0.29) is 12.6 Å². The normalized spacial score (nSPS) is 10.3. The van der Waals surface area contributed by atoms with Crippen molar-refractivity contribution in [1.29, 1.82) is 0 Å². The van der Waals surface area contributed by atoms with Crippen molar-refractivity contribution in [2.45, 2.75) is 20.3 Å². The predicted molar refractivity (Wildman–Crippen MR) is 47.6 cm³/mol. The summed E-state index contributed by atoms with van der Waals surface area (Å²) in [5, 5.41) is 10.7. The number of nitrogens with zero attached hydrogens (tertiary/aromatic N) is 1. The van der Waals surface area contributed by atoms with Crippen LogP contribution in [0.5, 0.6) is 0 Å². The topological polar surface area (TPSA) is 52.6 Å². The Labute approximate surface area is 73.6 Å². The van der Waals surface area contributed by atoms with Gasteiger partial charge in [0.1, 0.15) is 6.73 Å². The first kappa shape index (κ1) is 11.4. The second-order valence-electron chi connectivity index (χ2n) is 2.53. The largest absolute Gasteiger partial charge is 0.377 e. The number of aliphatic hydroxyl groups excluding tert-OH is 1. The van der Waals surface area contributed by atoms with Gasteiger partial charge in [-0.15, -0.1) is 0 Å². The van der Waals surface area contributed by atoms with Gasteiger partial charge in [0.05, 0.1) is 0 Å². The van der Waals surface area contributed by atoms with E-state index in [4.69, 9.17) is 5.11 Å². The summed E-state index contributed by atoms with van der Waals surface area (Å²) in [6.07, 6.45) is 0.461. The zero-order valence-corrected chi connectivity index (χ0v) is 7.84. The maximum absolute atomic E-state index is 10.9. The van der Waals surface area contributed by atoms with E-state index >= 15 is 0 Å². The monoisotopic (exact) mass is 174 g/mol. The summed E-state index contributed by atoms with van der Waals surface area (Å²) in [7, 11) is 0. The quantitative estimate of drug-likeness (QED) is 0.548. The van der Waals surface area contributed by atoms with E-state index < -0.39 is 0 Å². The molecular weight excluding hydrogens is 156 g/mol. The van der Waals surface area contributed by atoms with Gasteiger partial charge in [-0.25, -0.2) is 0 Å². The molecule has 0 aliphatic rings. The molecule has 0 spiro atoms. The maximum atomic E-state index is 10.9. The highest BCUT2D eigenvalue weighted by Crippen LogP contribution is 1.89. The number of rotatable bonds is 6. The minimum Gasteiger partial charge on any atom is -0.377 e. The SMILES string of the molecule is CCN(CC)CCC(=O)NCO. The minimum absolute atomic E-state index is 0.0931. The van der Waals surface area contributed by atoms with Crippen LogP contribution in [0.2, 0.25) is 0 Å². The molecule has 0 saturated carbocycles. The Morgan fingerprint density at radius 3 is 2.42 bits per heavy atom. The molecule has 12 heavy (non-hydrogen) atoms. The molecule has 0 bridgehead atoms. The number of aliphatic hydroxyl groups is 1. The molecule has 0 fully saturated rings. The summed E-state index contributed by atoms with van der Waals surface area (Å²) in [5.74, 6) is -0.0931. The highest BCUT2D eigenvalue weighted by molar-refractivity contribution is 5.75. The Hall–Kier alpha value is -0.610. The van der Waals surface area contributed by atoms with E-state index in [2.05, 4.69) is 24.1 Å². The average molecular weight is 174 g/mol. The lowest BCUT2D eigenvalue weighted by atomic mass is 10.3. The molecule has 0 unspecified atom stereocenters. The molecule has 0 aliphatic carbocycles. The summed E-state index contributed by atoms with van der Waals surface area (Å²) in [4.78, 5) is 13.0. The van der Waals surface area contributed by atoms with E-state index in [1.165, 1.54) is 0 Å². The fourth-order valence-electron chi connectivity index (χ4n) is 0.976. The molecule has 0 aromatic rings. The molecule has 0 radical (unpaired) electrons. The molecule has 4 heteroatoms. The van der Waals surface area contributed by atoms with Crippen LogP contribution in [0.15, 0.2) is 0 Å². The van der Waals surface area contributed by atoms with E-state index in [9.17, 15) is 4.79 Å². The summed E-state index contributed by atoms with van der Waals surface area (Å²) >= 11 is 0. The Kier molecular flexibility index (Phi) is 6.70. The van der Waals surface area contributed by atoms with Crippen LogP contribution in [0.4, 0.5) is 0 Å². The smallest absolute Gasteiger partial charge is 0.223 e. The number of amides is 1. The Morgan fingerprint density at radius 2 is 2.00 bits per heavy atom. The molecule has 0 saturated heterocycles. The van der Waals surface area contributed by atoms with E-state index in [0.29, 0.717) is 6.42 Å². The number of carbonyl (C=O) groups excluding carboxylic acids is 1. The van der Waals surface area contributed by atoms with Crippen LogP contribution in [0.25, 0.3) is 0 Å². The summed E-state index contributed by atoms with van der Waals surface area (Å²) < 4.78 is 0. The second-order valence-corrected chi connectivity index (χ2v) is 2.53. The van der Waals surface area contributed by atoms with E-state index in [1.54, 1.807) is 0 Å². The second kappa shape index (κ2) is 7.06. The van der Waals surface area contributed by atoms with Crippen LogP contribution in [-0.4, -0.2) is 42.3 Å². The lowest BCUT2D eigenvalue weighted by Crippen LogP contribution is -2.31. The van der Waals surface area contributed by atoms with Gasteiger partial charge in [0.15, 0.2) is 0 Å². The molecule has 72 valence electrons. The van der Waals surface area contributed by atoms with E-state index in [0.717, 1.165) is 19.6 Å². The minimum atomic E-state index is -0.267. The van der Waals surface area contributed by atoms with Crippen molar-refractivity contribution in [3.8, 4) is 0 Å².